The Kier molecular flexibility index (Phi) is 2.86. The highest BCUT2D eigenvalue weighted by Gasteiger charge is 2.29. The van der Waals surface area contributed by atoms with Crippen molar-refractivity contribution in [3.05, 3.63) is 29.6 Å². The van der Waals surface area contributed by atoms with Gasteiger partial charge in [-0.2, -0.15) is 0 Å². The van der Waals surface area contributed by atoms with Crippen molar-refractivity contribution >= 4 is 11.0 Å². The average Bonchev–Trinajstić information content (AvgIpc) is 2.91. The number of aromatic nitrogens is 2. The Bertz CT molecular complexity index is 570. The lowest BCUT2D eigenvalue weighted by Crippen LogP contribution is -2.14. The molecule has 0 aliphatic carbocycles. The number of rotatable bonds is 2. The quantitative estimate of drug-likeness (QED) is 0.879. The van der Waals surface area contributed by atoms with Crippen LogP contribution in [0.3, 0.4) is 0 Å². The summed E-state index contributed by atoms with van der Waals surface area (Å²) < 4.78 is 2.38. The number of aryl methyl sites for hydroxylation is 2. The van der Waals surface area contributed by atoms with Crippen molar-refractivity contribution in [2.24, 2.45) is 5.92 Å². The molecule has 2 unspecified atom stereocenters. The summed E-state index contributed by atoms with van der Waals surface area (Å²) in [5.41, 5.74) is 3.70. The Balaban J connectivity index is 2.16. The molecule has 2 atom stereocenters. The maximum Gasteiger partial charge on any atom is 0.114 e. The molecule has 0 radical (unpaired) electrons. The third-order valence-electron chi connectivity index (χ3n) is 4.10. The monoisotopic (exact) mass is 243 g/mol. The van der Waals surface area contributed by atoms with Gasteiger partial charge in [-0.25, -0.2) is 4.98 Å². The molecule has 0 spiro atoms. The van der Waals surface area contributed by atoms with E-state index in [0.29, 0.717) is 11.8 Å². The highest BCUT2D eigenvalue weighted by Crippen LogP contribution is 2.30. The Labute approximate surface area is 108 Å². The molecule has 1 aromatic heterocycles. The molecule has 1 fully saturated rings. The first-order chi connectivity index (χ1) is 8.70. The van der Waals surface area contributed by atoms with Crippen molar-refractivity contribution < 1.29 is 0 Å². The van der Waals surface area contributed by atoms with E-state index in [1.54, 1.807) is 0 Å². The zero-order chi connectivity index (χ0) is 12.7. The second kappa shape index (κ2) is 4.39. The van der Waals surface area contributed by atoms with E-state index in [2.05, 4.69) is 48.9 Å². The lowest BCUT2D eigenvalue weighted by atomic mass is 9.97. The fourth-order valence-electron chi connectivity index (χ4n) is 3.03. The molecule has 96 valence electrons. The molecule has 0 saturated carbocycles. The van der Waals surface area contributed by atoms with Gasteiger partial charge in [0.1, 0.15) is 5.82 Å². The highest BCUT2D eigenvalue weighted by molar-refractivity contribution is 5.77. The van der Waals surface area contributed by atoms with Crippen LogP contribution in [-0.2, 0) is 6.54 Å². The SMILES string of the molecule is CCn1c(C2CNCC2C)nc2cc(C)ccc21. The molecule has 1 saturated heterocycles. The molecule has 2 heterocycles. The predicted molar refractivity (Wildman–Crippen MR) is 74.9 cm³/mol. The van der Waals surface area contributed by atoms with Gasteiger partial charge in [0.15, 0.2) is 0 Å². The van der Waals surface area contributed by atoms with Crippen LogP contribution in [0.4, 0.5) is 0 Å². The zero-order valence-electron chi connectivity index (χ0n) is 11.4. The molecular weight excluding hydrogens is 222 g/mol. The van der Waals surface area contributed by atoms with Crippen LogP contribution in [0.2, 0.25) is 0 Å². The molecule has 3 heteroatoms. The van der Waals surface area contributed by atoms with Gasteiger partial charge in [-0.1, -0.05) is 13.0 Å². The van der Waals surface area contributed by atoms with Crippen molar-refractivity contribution in [2.45, 2.75) is 33.2 Å². The van der Waals surface area contributed by atoms with E-state index in [1.807, 2.05) is 0 Å². The summed E-state index contributed by atoms with van der Waals surface area (Å²) in [5, 5.41) is 3.47. The fourth-order valence-corrected chi connectivity index (χ4v) is 3.03. The molecule has 1 N–H and O–H groups in total. The van der Waals surface area contributed by atoms with E-state index < -0.39 is 0 Å². The summed E-state index contributed by atoms with van der Waals surface area (Å²) in [5.74, 6) is 2.49. The van der Waals surface area contributed by atoms with Gasteiger partial charge >= 0.3 is 0 Å². The number of nitrogens with zero attached hydrogens (tertiary/aromatic N) is 2. The van der Waals surface area contributed by atoms with Gasteiger partial charge in [0, 0.05) is 19.0 Å². The lowest BCUT2D eigenvalue weighted by molar-refractivity contribution is 0.522. The van der Waals surface area contributed by atoms with Crippen LogP contribution >= 0.6 is 0 Å². The standard InChI is InChI=1S/C15H21N3/c1-4-18-14-6-5-10(2)7-13(14)17-15(18)12-9-16-8-11(12)3/h5-7,11-12,16H,4,8-9H2,1-3H3. The van der Waals surface area contributed by atoms with Gasteiger partial charge in [-0.15, -0.1) is 0 Å². The Morgan fingerprint density at radius 2 is 2.22 bits per heavy atom. The summed E-state index contributed by atoms with van der Waals surface area (Å²) in [6.07, 6.45) is 0. The van der Waals surface area contributed by atoms with Crippen molar-refractivity contribution in [1.82, 2.24) is 14.9 Å². The van der Waals surface area contributed by atoms with Crippen LogP contribution in [0, 0.1) is 12.8 Å². The number of fused-ring (bicyclic) bond motifs is 1. The highest BCUT2D eigenvalue weighted by atomic mass is 15.1. The topological polar surface area (TPSA) is 29.9 Å². The summed E-state index contributed by atoms with van der Waals surface area (Å²) in [4.78, 5) is 4.90. The molecule has 0 bridgehead atoms. The van der Waals surface area contributed by atoms with Gasteiger partial charge < -0.3 is 9.88 Å². The van der Waals surface area contributed by atoms with E-state index in [-0.39, 0.29) is 0 Å². The number of hydrogen-bond donors (Lipinski definition) is 1. The fraction of sp³-hybridized carbons (Fsp3) is 0.533. The minimum atomic E-state index is 0.553. The Morgan fingerprint density at radius 1 is 1.39 bits per heavy atom. The molecular formula is C15H21N3. The molecule has 2 aromatic rings. The Hall–Kier alpha value is -1.35. The third-order valence-corrected chi connectivity index (χ3v) is 4.10. The van der Waals surface area contributed by atoms with E-state index in [4.69, 9.17) is 4.98 Å². The van der Waals surface area contributed by atoms with Crippen molar-refractivity contribution in [3.63, 3.8) is 0 Å². The van der Waals surface area contributed by atoms with Gasteiger partial charge in [0.2, 0.25) is 0 Å². The first-order valence-electron chi connectivity index (χ1n) is 6.88. The second-order valence-corrected chi connectivity index (χ2v) is 5.45. The number of benzene rings is 1. The van der Waals surface area contributed by atoms with Gasteiger partial charge in [0.05, 0.1) is 11.0 Å². The summed E-state index contributed by atoms with van der Waals surface area (Å²) in [7, 11) is 0. The molecule has 3 rings (SSSR count). The van der Waals surface area contributed by atoms with E-state index in [1.165, 1.54) is 16.9 Å². The van der Waals surface area contributed by atoms with E-state index in [0.717, 1.165) is 25.2 Å². The predicted octanol–water partition coefficient (Wildman–Crippen LogP) is 2.69. The maximum absolute atomic E-state index is 4.90. The van der Waals surface area contributed by atoms with Crippen LogP contribution in [0.5, 0.6) is 0 Å². The Morgan fingerprint density at radius 3 is 2.89 bits per heavy atom. The van der Waals surface area contributed by atoms with Crippen LogP contribution < -0.4 is 5.32 Å². The van der Waals surface area contributed by atoms with Crippen molar-refractivity contribution in [2.75, 3.05) is 13.1 Å². The summed E-state index contributed by atoms with van der Waals surface area (Å²) in [6.45, 7) is 9.81. The first kappa shape index (κ1) is 11.7. The molecule has 1 aliphatic heterocycles. The van der Waals surface area contributed by atoms with Crippen LogP contribution in [0.15, 0.2) is 18.2 Å². The zero-order valence-corrected chi connectivity index (χ0v) is 11.4. The molecule has 1 aliphatic rings. The van der Waals surface area contributed by atoms with Crippen molar-refractivity contribution in [1.29, 1.82) is 0 Å². The van der Waals surface area contributed by atoms with Crippen LogP contribution in [0.25, 0.3) is 11.0 Å². The molecule has 1 aromatic carbocycles. The molecule has 3 nitrogen and oxygen atoms in total. The first-order valence-corrected chi connectivity index (χ1v) is 6.88. The van der Waals surface area contributed by atoms with Crippen LogP contribution in [-0.4, -0.2) is 22.6 Å². The minimum Gasteiger partial charge on any atom is -0.328 e. The molecule has 18 heavy (non-hydrogen) atoms. The number of hydrogen-bond acceptors (Lipinski definition) is 2. The van der Waals surface area contributed by atoms with Crippen LogP contribution in [0.1, 0.15) is 31.2 Å². The number of nitrogens with one attached hydrogen (secondary N) is 1. The van der Waals surface area contributed by atoms with Gasteiger partial charge in [0.25, 0.3) is 0 Å². The molecule has 0 amide bonds. The summed E-state index contributed by atoms with van der Waals surface area (Å²) in [6, 6.07) is 6.58. The minimum absolute atomic E-state index is 0.553. The smallest absolute Gasteiger partial charge is 0.114 e. The van der Waals surface area contributed by atoms with E-state index >= 15 is 0 Å². The normalized spacial score (nSPS) is 23.9. The van der Waals surface area contributed by atoms with Gasteiger partial charge in [-0.05, 0) is 44.0 Å². The van der Waals surface area contributed by atoms with E-state index in [9.17, 15) is 0 Å². The number of imidazole rings is 1. The second-order valence-electron chi connectivity index (χ2n) is 5.45. The summed E-state index contributed by atoms with van der Waals surface area (Å²) >= 11 is 0. The van der Waals surface area contributed by atoms with Crippen molar-refractivity contribution in [3.8, 4) is 0 Å². The van der Waals surface area contributed by atoms with Gasteiger partial charge in [-0.3, -0.25) is 0 Å². The largest absolute Gasteiger partial charge is 0.328 e. The maximum atomic E-state index is 4.90. The lowest BCUT2D eigenvalue weighted by Gasteiger charge is -2.15. The third kappa shape index (κ3) is 1.74. The average molecular weight is 243 g/mol.